The van der Waals surface area contributed by atoms with E-state index in [0.29, 0.717) is 5.56 Å². The molecular weight excluding hydrogens is 216 g/mol. The summed E-state index contributed by atoms with van der Waals surface area (Å²) >= 11 is 0. The van der Waals surface area contributed by atoms with Crippen LogP contribution in [0.15, 0.2) is 22.7 Å². The monoisotopic (exact) mass is 230 g/mol. The van der Waals surface area contributed by atoms with Crippen LogP contribution < -0.4 is 5.73 Å². The summed E-state index contributed by atoms with van der Waals surface area (Å²) < 4.78 is 5.04. The van der Waals surface area contributed by atoms with Gasteiger partial charge in [0.2, 0.25) is 5.91 Å². The van der Waals surface area contributed by atoms with Crippen molar-refractivity contribution < 1.29 is 9.32 Å². The molecule has 1 amide bonds. The Hall–Kier alpha value is -2.10. The van der Waals surface area contributed by atoms with Crippen LogP contribution in [0.25, 0.3) is 11.3 Å². The summed E-state index contributed by atoms with van der Waals surface area (Å²) in [4.78, 5) is 11.4. The van der Waals surface area contributed by atoms with E-state index in [1.54, 1.807) is 0 Å². The molecule has 1 heterocycles. The average molecular weight is 230 g/mol. The third kappa shape index (κ3) is 1.93. The Morgan fingerprint density at radius 3 is 2.53 bits per heavy atom. The molecule has 0 unspecified atom stereocenters. The van der Waals surface area contributed by atoms with E-state index in [4.69, 9.17) is 10.3 Å². The van der Waals surface area contributed by atoms with E-state index in [1.165, 1.54) is 0 Å². The van der Waals surface area contributed by atoms with Gasteiger partial charge in [-0.1, -0.05) is 17.3 Å². The zero-order valence-electron chi connectivity index (χ0n) is 10.1. The molecule has 0 saturated carbocycles. The van der Waals surface area contributed by atoms with Gasteiger partial charge in [-0.2, -0.15) is 0 Å². The highest BCUT2D eigenvalue weighted by Gasteiger charge is 2.15. The predicted molar refractivity (Wildman–Crippen MR) is 64.7 cm³/mol. The first-order valence-corrected chi connectivity index (χ1v) is 5.34. The third-order valence-electron chi connectivity index (χ3n) is 2.82. The Kier molecular flexibility index (Phi) is 2.71. The summed E-state index contributed by atoms with van der Waals surface area (Å²) in [5, 5.41) is 3.95. The Bertz CT molecular complexity index is 585. The molecule has 4 heteroatoms. The number of hydrogen-bond acceptors (Lipinski definition) is 3. The maximum Gasteiger partial charge on any atom is 0.249 e. The van der Waals surface area contributed by atoms with Crippen LogP contribution in [-0.2, 0) is 0 Å². The van der Waals surface area contributed by atoms with Gasteiger partial charge in [0.1, 0.15) is 11.5 Å². The molecule has 88 valence electrons. The van der Waals surface area contributed by atoms with E-state index >= 15 is 0 Å². The topological polar surface area (TPSA) is 69.1 Å². The molecule has 2 aromatic rings. The SMILES string of the molecule is Cc1cc(-c2ccc(C)c(C(N)=O)c2C)no1. The van der Waals surface area contributed by atoms with Gasteiger partial charge in [-0.3, -0.25) is 4.79 Å². The summed E-state index contributed by atoms with van der Waals surface area (Å²) in [6, 6.07) is 5.63. The van der Waals surface area contributed by atoms with Crippen molar-refractivity contribution in [3.8, 4) is 11.3 Å². The molecule has 0 spiro atoms. The number of aryl methyl sites for hydroxylation is 2. The zero-order chi connectivity index (χ0) is 12.6. The van der Waals surface area contributed by atoms with Gasteiger partial charge in [0.15, 0.2) is 0 Å². The molecule has 1 aromatic heterocycles. The highest BCUT2D eigenvalue weighted by molar-refractivity contribution is 5.97. The van der Waals surface area contributed by atoms with Gasteiger partial charge in [0, 0.05) is 17.2 Å². The Morgan fingerprint density at radius 2 is 2.00 bits per heavy atom. The van der Waals surface area contributed by atoms with Crippen molar-refractivity contribution in [2.45, 2.75) is 20.8 Å². The molecule has 0 aliphatic heterocycles. The summed E-state index contributed by atoms with van der Waals surface area (Å²) in [5.41, 5.74) is 9.26. The largest absolute Gasteiger partial charge is 0.366 e. The van der Waals surface area contributed by atoms with Gasteiger partial charge < -0.3 is 10.3 Å². The Labute approximate surface area is 99.4 Å². The van der Waals surface area contributed by atoms with Crippen molar-refractivity contribution >= 4 is 5.91 Å². The van der Waals surface area contributed by atoms with Crippen LogP contribution in [0.3, 0.4) is 0 Å². The molecule has 0 saturated heterocycles. The lowest BCUT2D eigenvalue weighted by Gasteiger charge is -2.09. The van der Waals surface area contributed by atoms with Crippen LogP contribution in [0.1, 0.15) is 27.2 Å². The number of hydrogen-bond donors (Lipinski definition) is 1. The van der Waals surface area contributed by atoms with Crippen molar-refractivity contribution in [3.05, 3.63) is 40.6 Å². The van der Waals surface area contributed by atoms with Gasteiger partial charge in [0.25, 0.3) is 0 Å². The highest BCUT2D eigenvalue weighted by atomic mass is 16.5. The van der Waals surface area contributed by atoms with Crippen LogP contribution >= 0.6 is 0 Å². The van der Waals surface area contributed by atoms with E-state index < -0.39 is 5.91 Å². The zero-order valence-corrected chi connectivity index (χ0v) is 10.1. The predicted octanol–water partition coefficient (Wildman–Crippen LogP) is 2.37. The number of carbonyl (C=O) groups excluding carboxylic acids is 1. The number of primary amides is 1. The first kappa shape index (κ1) is 11.4. The summed E-state index contributed by atoms with van der Waals surface area (Å²) in [6.07, 6.45) is 0. The van der Waals surface area contributed by atoms with Crippen LogP contribution in [0.4, 0.5) is 0 Å². The van der Waals surface area contributed by atoms with Gasteiger partial charge in [-0.25, -0.2) is 0 Å². The molecule has 2 N–H and O–H groups in total. The lowest BCUT2D eigenvalue weighted by atomic mass is 9.95. The van der Waals surface area contributed by atoms with E-state index in [0.717, 1.165) is 28.1 Å². The van der Waals surface area contributed by atoms with Crippen LogP contribution in [-0.4, -0.2) is 11.1 Å². The molecule has 2 rings (SSSR count). The molecule has 1 aromatic carbocycles. The fourth-order valence-electron chi connectivity index (χ4n) is 2.00. The first-order valence-electron chi connectivity index (χ1n) is 5.34. The average Bonchev–Trinajstić information content (AvgIpc) is 2.64. The number of rotatable bonds is 2. The number of nitrogens with zero attached hydrogens (tertiary/aromatic N) is 1. The van der Waals surface area contributed by atoms with Gasteiger partial charge in [0.05, 0.1) is 0 Å². The smallest absolute Gasteiger partial charge is 0.249 e. The van der Waals surface area contributed by atoms with Crippen LogP contribution in [0.2, 0.25) is 0 Å². The third-order valence-corrected chi connectivity index (χ3v) is 2.82. The number of carbonyl (C=O) groups is 1. The minimum absolute atomic E-state index is 0.415. The number of aromatic nitrogens is 1. The fraction of sp³-hybridized carbons (Fsp3) is 0.231. The molecule has 17 heavy (non-hydrogen) atoms. The van der Waals surface area contributed by atoms with Gasteiger partial charge >= 0.3 is 0 Å². The minimum Gasteiger partial charge on any atom is -0.366 e. The van der Waals surface area contributed by atoms with Gasteiger partial charge in [-0.15, -0.1) is 0 Å². The molecule has 0 aliphatic carbocycles. The molecule has 0 aliphatic rings. The lowest BCUT2D eigenvalue weighted by Crippen LogP contribution is -2.15. The van der Waals surface area contributed by atoms with Crippen LogP contribution in [0, 0.1) is 20.8 Å². The molecule has 0 bridgehead atoms. The van der Waals surface area contributed by atoms with Crippen molar-refractivity contribution in [2.75, 3.05) is 0 Å². The van der Waals surface area contributed by atoms with E-state index in [2.05, 4.69) is 5.16 Å². The van der Waals surface area contributed by atoms with Crippen molar-refractivity contribution in [1.29, 1.82) is 0 Å². The molecule has 0 atom stereocenters. The number of nitrogens with two attached hydrogens (primary N) is 1. The fourth-order valence-corrected chi connectivity index (χ4v) is 2.00. The van der Waals surface area contributed by atoms with Crippen molar-refractivity contribution in [3.63, 3.8) is 0 Å². The first-order chi connectivity index (χ1) is 8.00. The standard InChI is InChI=1S/C13H14N2O2/c1-7-4-5-10(9(3)12(7)13(14)16)11-6-8(2)17-15-11/h4-6H,1-3H3,(H2,14,16). The van der Waals surface area contributed by atoms with Crippen molar-refractivity contribution in [2.24, 2.45) is 5.73 Å². The van der Waals surface area contributed by atoms with E-state index in [9.17, 15) is 4.79 Å². The molecule has 0 fully saturated rings. The Balaban J connectivity index is 2.65. The maximum atomic E-state index is 11.4. The second-order valence-corrected chi connectivity index (χ2v) is 4.12. The molecule has 0 radical (unpaired) electrons. The maximum absolute atomic E-state index is 11.4. The van der Waals surface area contributed by atoms with E-state index in [1.807, 2.05) is 39.0 Å². The molecule has 4 nitrogen and oxygen atoms in total. The lowest BCUT2D eigenvalue weighted by molar-refractivity contribution is 0.0999. The summed E-state index contributed by atoms with van der Waals surface area (Å²) in [7, 11) is 0. The van der Waals surface area contributed by atoms with Gasteiger partial charge in [-0.05, 0) is 31.9 Å². The second kappa shape index (κ2) is 4.05. The molecular formula is C13H14N2O2. The second-order valence-electron chi connectivity index (χ2n) is 4.12. The highest BCUT2D eigenvalue weighted by Crippen LogP contribution is 2.27. The Morgan fingerprint density at radius 1 is 1.29 bits per heavy atom. The quantitative estimate of drug-likeness (QED) is 0.861. The van der Waals surface area contributed by atoms with Crippen molar-refractivity contribution in [1.82, 2.24) is 5.16 Å². The van der Waals surface area contributed by atoms with E-state index in [-0.39, 0.29) is 0 Å². The minimum atomic E-state index is -0.415. The normalized spacial score (nSPS) is 10.5. The summed E-state index contributed by atoms with van der Waals surface area (Å²) in [5.74, 6) is 0.322. The van der Waals surface area contributed by atoms with Crippen LogP contribution in [0.5, 0.6) is 0 Å². The number of amides is 1. The summed E-state index contributed by atoms with van der Waals surface area (Å²) in [6.45, 7) is 5.56. The number of benzene rings is 1.